The predicted octanol–water partition coefficient (Wildman–Crippen LogP) is 3.08. The van der Waals surface area contributed by atoms with Gasteiger partial charge in [0, 0.05) is 23.3 Å². The molecule has 1 aromatic carbocycles. The molecule has 0 aromatic heterocycles. The average Bonchev–Trinajstić information content (AvgIpc) is 2.61. The maximum atomic E-state index is 12.1. The van der Waals surface area contributed by atoms with Crippen molar-refractivity contribution in [1.29, 1.82) is 0 Å². The molecule has 1 saturated carbocycles. The summed E-state index contributed by atoms with van der Waals surface area (Å²) in [7, 11) is 0. The number of benzene rings is 1. The number of carbonyl (C=O) groups is 2. The number of rotatable bonds is 7. The van der Waals surface area contributed by atoms with Gasteiger partial charge in [-0.15, -0.1) is 0 Å². The summed E-state index contributed by atoms with van der Waals surface area (Å²) in [6, 6.07) is 7.66. The number of hydrogen-bond acceptors (Lipinski definition) is 3. The van der Waals surface area contributed by atoms with E-state index in [4.69, 9.17) is 0 Å². The van der Waals surface area contributed by atoms with Crippen LogP contribution in [0, 0.1) is 0 Å². The molecule has 0 heterocycles. The van der Waals surface area contributed by atoms with Crippen LogP contribution in [0.4, 0.5) is 5.69 Å². The van der Waals surface area contributed by atoms with Gasteiger partial charge in [0.25, 0.3) is 5.91 Å². The molecule has 5 heteroatoms. The smallest absolute Gasteiger partial charge is 0.251 e. The molecule has 1 atom stereocenters. The van der Waals surface area contributed by atoms with Gasteiger partial charge < -0.3 is 16.0 Å². The highest BCUT2D eigenvalue weighted by molar-refractivity contribution is 5.97. The Morgan fingerprint density at radius 1 is 1.21 bits per heavy atom. The van der Waals surface area contributed by atoms with Crippen LogP contribution < -0.4 is 16.0 Å². The van der Waals surface area contributed by atoms with Gasteiger partial charge in [0.2, 0.25) is 5.91 Å². The van der Waals surface area contributed by atoms with Crippen LogP contribution in [0.15, 0.2) is 24.3 Å². The molecule has 0 saturated heterocycles. The summed E-state index contributed by atoms with van der Waals surface area (Å²) in [6.45, 7) is 4.31. The summed E-state index contributed by atoms with van der Waals surface area (Å²) in [4.78, 5) is 24.2. The van der Waals surface area contributed by atoms with Gasteiger partial charge in [-0.25, -0.2) is 0 Å². The molecule has 2 amide bonds. The molecule has 5 nitrogen and oxygen atoms in total. The maximum Gasteiger partial charge on any atom is 0.251 e. The van der Waals surface area contributed by atoms with E-state index < -0.39 is 0 Å². The zero-order valence-corrected chi connectivity index (χ0v) is 14.7. The Kier molecular flexibility index (Phi) is 7.25. The van der Waals surface area contributed by atoms with Crippen LogP contribution in [0.3, 0.4) is 0 Å². The minimum atomic E-state index is -0.110. The predicted molar refractivity (Wildman–Crippen MR) is 97.2 cm³/mol. The quantitative estimate of drug-likeness (QED) is 0.719. The molecule has 0 spiro atoms. The van der Waals surface area contributed by atoms with Gasteiger partial charge in [-0.05, 0) is 44.4 Å². The van der Waals surface area contributed by atoms with Gasteiger partial charge in [-0.1, -0.05) is 32.3 Å². The lowest BCUT2D eigenvalue weighted by Gasteiger charge is -2.22. The fourth-order valence-electron chi connectivity index (χ4n) is 2.90. The lowest BCUT2D eigenvalue weighted by molar-refractivity contribution is -0.115. The largest absolute Gasteiger partial charge is 0.350 e. The molecule has 0 bridgehead atoms. The van der Waals surface area contributed by atoms with E-state index in [9.17, 15) is 9.59 Å². The summed E-state index contributed by atoms with van der Waals surface area (Å²) >= 11 is 0. The molecule has 1 unspecified atom stereocenters. The summed E-state index contributed by atoms with van der Waals surface area (Å²) in [5, 5.41) is 9.11. The van der Waals surface area contributed by atoms with E-state index in [1.165, 1.54) is 19.3 Å². The van der Waals surface area contributed by atoms with E-state index in [0.29, 0.717) is 23.8 Å². The molecule has 24 heavy (non-hydrogen) atoms. The van der Waals surface area contributed by atoms with Crippen LogP contribution in [0.2, 0.25) is 0 Å². The fourth-order valence-corrected chi connectivity index (χ4v) is 2.90. The summed E-state index contributed by atoms with van der Waals surface area (Å²) in [6.07, 6.45) is 6.97. The van der Waals surface area contributed by atoms with Crippen LogP contribution in [0.1, 0.15) is 62.7 Å². The van der Waals surface area contributed by atoms with Gasteiger partial charge in [-0.2, -0.15) is 0 Å². The van der Waals surface area contributed by atoms with Gasteiger partial charge >= 0.3 is 0 Å². The second-order valence-electron chi connectivity index (χ2n) is 6.63. The molecule has 1 aliphatic rings. The first-order valence-electron chi connectivity index (χ1n) is 9.02. The third-order valence-corrected chi connectivity index (χ3v) is 4.55. The van der Waals surface area contributed by atoms with Gasteiger partial charge in [0.05, 0.1) is 6.54 Å². The van der Waals surface area contributed by atoms with Gasteiger partial charge in [0.1, 0.15) is 0 Å². The van der Waals surface area contributed by atoms with Crippen molar-refractivity contribution in [3.05, 3.63) is 29.8 Å². The Morgan fingerprint density at radius 3 is 2.67 bits per heavy atom. The standard InChI is InChI=1S/C19H29N3O2/c1-3-14(2)21-19(24)15-8-7-11-17(12-15)22-18(23)13-20-16-9-5-4-6-10-16/h7-8,11-12,14,16,20H,3-6,9-10,13H2,1-2H3,(H,21,24)(H,22,23). The van der Waals surface area contributed by atoms with Crippen molar-refractivity contribution in [1.82, 2.24) is 10.6 Å². The Bertz CT molecular complexity index is 553. The highest BCUT2D eigenvalue weighted by Gasteiger charge is 2.14. The third-order valence-electron chi connectivity index (χ3n) is 4.55. The van der Waals surface area contributed by atoms with Crippen molar-refractivity contribution in [2.24, 2.45) is 0 Å². The van der Waals surface area contributed by atoms with E-state index in [-0.39, 0.29) is 17.9 Å². The minimum Gasteiger partial charge on any atom is -0.350 e. The number of hydrogen-bond donors (Lipinski definition) is 3. The molecular weight excluding hydrogens is 302 g/mol. The highest BCUT2D eigenvalue weighted by atomic mass is 16.2. The van der Waals surface area contributed by atoms with E-state index in [0.717, 1.165) is 19.3 Å². The van der Waals surface area contributed by atoms with Crippen LogP contribution in [-0.2, 0) is 4.79 Å². The molecule has 0 radical (unpaired) electrons. The Morgan fingerprint density at radius 2 is 1.96 bits per heavy atom. The van der Waals surface area contributed by atoms with E-state index in [1.807, 2.05) is 13.8 Å². The zero-order chi connectivity index (χ0) is 17.4. The van der Waals surface area contributed by atoms with Crippen molar-refractivity contribution in [2.45, 2.75) is 64.5 Å². The zero-order valence-electron chi connectivity index (χ0n) is 14.7. The summed E-state index contributed by atoms with van der Waals surface area (Å²) < 4.78 is 0. The van der Waals surface area contributed by atoms with Crippen molar-refractivity contribution in [3.63, 3.8) is 0 Å². The molecule has 1 aromatic rings. The molecule has 3 N–H and O–H groups in total. The molecule has 2 rings (SSSR count). The second kappa shape index (κ2) is 9.42. The number of carbonyl (C=O) groups excluding carboxylic acids is 2. The van der Waals surface area contributed by atoms with Crippen LogP contribution in [-0.4, -0.2) is 30.4 Å². The highest BCUT2D eigenvalue weighted by Crippen LogP contribution is 2.17. The maximum absolute atomic E-state index is 12.1. The average molecular weight is 331 g/mol. The number of nitrogens with one attached hydrogen (secondary N) is 3. The Labute approximate surface area is 144 Å². The van der Waals surface area contributed by atoms with E-state index in [2.05, 4.69) is 16.0 Å². The Hall–Kier alpha value is -1.88. The van der Waals surface area contributed by atoms with E-state index in [1.54, 1.807) is 24.3 Å². The first-order chi connectivity index (χ1) is 11.6. The minimum absolute atomic E-state index is 0.0694. The number of amides is 2. The van der Waals surface area contributed by atoms with Crippen molar-refractivity contribution >= 4 is 17.5 Å². The summed E-state index contributed by atoms with van der Waals surface area (Å²) in [5.41, 5.74) is 1.22. The first kappa shape index (κ1) is 18.5. The Balaban J connectivity index is 1.84. The van der Waals surface area contributed by atoms with E-state index >= 15 is 0 Å². The van der Waals surface area contributed by atoms with Crippen LogP contribution in [0.5, 0.6) is 0 Å². The molecule has 132 valence electrons. The molecular formula is C19H29N3O2. The van der Waals surface area contributed by atoms with Crippen LogP contribution in [0.25, 0.3) is 0 Å². The SMILES string of the molecule is CCC(C)NC(=O)c1cccc(NC(=O)CNC2CCCCC2)c1. The van der Waals surface area contributed by atoms with Gasteiger partial charge in [0.15, 0.2) is 0 Å². The van der Waals surface area contributed by atoms with Crippen molar-refractivity contribution in [2.75, 3.05) is 11.9 Å². The van der Waals surface area contributed by atoms with Crippen molar-refractivity contribution < 1.29 is 9.59 Å². The lowest BCUT2D eigenvalue weighted by Crippen LogP contribution is -2.37. The van der Waals surface area contributed by atoms with Crippen molar-refractivity contribution in [3.8, 4) is 0 Å². The third kappa shape index (κ3) is 5.96. The first-order valence-corrected chi connectivity index (χ1v) is 9.02. The lowest BCUT2D eigenvalue weighted by atomic mass is 9.95. The fraction of sp³-hybridized carbons (Fsp3) is 0.579. The monoisotopic (exact) mass is 331 g/mol. The molecule has 1 aliphatic carbocycles. The van der Waals surface area contributed by atoms with Gasteiger partial charge in [-0.3, -0.25) is 9.59 Å². The summed E-state index contributed by atoms with van der Waals surface area (Å²) in [5.74, 6) is -0.180. The molecule has 1 fully saturated rings. The number of anilines is 1. The normalized spacial score (nSPS) is 16.4. The topological polar surface area (TPSA) is 70.2 Å². The molecule has 0 aliphatic heterocycles. The van der Waals surface area contributed by atoms with Crippen LogP contribution >= 0.6 is 0 Å². The second-order valence-corrected chi connectivity index (χ2v) is 6.63.